The second-order valence-electron chi connectivity index (χ2n) is 11.2. The number of nitrogens with one attached hydrogen (secondary N) is 2. The van der Waals surface area contributed by atoms with Crippen molar-refractivity contribution in [3.05, 3.63) is 0 Å². The first-order valence-electron chi connectivity index (χ1n) is 14.5. The van der Waals surface area contributed by atoms with Gasteiger partial charge in [-0.05, 0) is 38.8 Å². The predicted octanol–water partition coefficient (Wildman–Crippen LogP) is -6.35. The topological polar surface area (TPSA) is 298 Å². The zero-order valence-corrected chi connectivity index (χ0v) is 23.6. The molecule has 0 spiro atoms. The van der Waals surface area contributed by atoms with Crippen molar-refractivity contribution in [1.29, 1.82) is 0 Å². The molecule has 3 rings (SSSR count). The van der Waals surface area contributed by atoms with Gasteiger partial charge in [-0.15, -0.1) is 0 Å². The first-order chi connectivity index (χ1) is 20.0. The minimum Gasteiger partial charge on any atom is -0.396 e. The highest BCUT2D eigenvalue weighted by Gasteiger charge is 2.50. The van der Waals surface area contributed by atoms with Gasteiger partial charge < -0.3 is 82.5 Å². The minimum absolute atomic E-state index is 0.000919. The Bertz CT molecular complexity index is 820. The Balaban J connectivity index is 1.76. The molecule has 1 saturated carbocycles. The van der Waals surface area contributed by atoms with Gasteiger partial charge in [0.25, 0.3) is 0 Å². The molecule has 17 heteroatoms. The molecule has 17 nitrogen and oxygen atoms in total. The maximum atomic E-state index is 12.6. The van der Waals surface area contributed by atoms with E-state index in [1.54, 1.807) is 0 Å². The average Bonchev–Trinajstić information content (AvgIpc) is 2.94. The summed E-state index contributed by atoms with van der Waals surface area (Å²) in [4.78, 5) is 12.6. The van der Waals surface area contributed by atoms with Gasteiger partial charge in [-0.25, -0.2) is 0 Å². The Morgan fingerprint density at radius 2 is 1.57 bits per heavy atom. The molecule has 1 aliphatic carbocycles. The molecule has 246 valence electrons. The zero-order chi connectivity index (χ0) is 31.0. The van der Waals surface area contributed by atoms with Gasteiger partial charge in [0.2, 0.25) is 5.91 Å². The van der Waals surface area contributed by atoms with Crippen molar-refractivity contribution < 1.29 is 59.5 Å². The van der Waals surface area contributed by atoms with Crippen molar-refractivity contribution in [1.82, 2.24) is 10.6 Å². The Hall–Kier alpha value is -1.13. The van der Waals surface area contributed by atoms with Crippen molar-refractivity contribution in [2.75, 3.05) is 32.8 Å². The van der Waals surface area contributed by atoms with Gasteiger partial charge in [0, 0.05) is 25.6 Å². The quantitative estimate of drug-likeness (QED) is 0.0813. The van der Waals surface area contributed by atoms with Crippen LogP contribution in [-0.2, 0) is 23.7 Å². The number of rotatable bonds is 14. The summed E-state index contributed by atoms with van der Waals surface area (Å²) in [5.41, 5.74) is 18.0. The van der Waals surface area contributed by atoms with Crippen LogP contribution >= 0.6 is 0 Å². The number of hydrogen-bond donors (Lipinski definition) is 12. The average molecular weight is 612 g/mol. The Labute approximate surface area is 244 Å². The highest BCUT2D eigenvalue weighted by atomic mass is 16.7. The number of ether oxygens (including phenoxy) is 4. The van der Waals surface area contributed by atoms with Crippen molar-refractivity contribution in [3.8, 4) is 0 Å². The van der Waals surface area contributed by atoms with Crippen molar-refractivity contribution in [3.63, 3.8) is 0 Å². The Kier molecular flexibility index (Phi) is 14.1. The molecular weight excluding hydrogens is 562 g/mol. The number of hydrogen-bond acceptors (Lipinski definition) is 16. The highest BCUT2D eigenvalue weighted by Crippen LogP contribution is 2.31. The first kappa shape index (κ1) is 35.4. The fraction of sp³-hybridized carbons (Fsp3) is 0.960. The summed E-state index contributed by atoms with van der Waals surface area (Å²) in [6.07, 6.45) is -12.5. The predicted molar refractivity (Wildman–Crippen MR) is 144 cm³/mol. The fourth-order valence-electron chi connectivity index (χ4n) is 5.44. The molecule has 0 bridgehead atoms. The van der Waals surface area contributed by atoms with Gasteiger partial charge in [-0.1, -0.05) is 0 Å². The molecule has 0 aromatic carbocycles. The molecule has 3 fully saturated rings. The van der Waals surface area contributed by atoms with Crippen LogP contribution in [0.5, 0.6) is 0 Å². The normalized spacial score (nSPS) is 41.8. The van der Waals surface area contributed by atoms with Gasteiger partial charge in [0.1, 0.15) is 36.6 Å². The summed E-state index contributed by atoms with van der Waals surface area (Å²) in [6, 6.07) is -2.63. The van der Waals surface area contributed by atoms with Gasteiger partial charge in [0.05, 0.1) is 37.0 Å². The maximum Gasteiger partial charge on any atom is 0.249 e. The molecule has 14 atom stereocenters. The molecule has 42 heavy (non-hydrogen) atoms. The number of carbonyl (C=O) groups excluding carboxylic acids is 1. The minimum atomic E-state index is -1.54. The number of amides is 1. The fourth-order valence-corrected chi connectivity index (χ4v) is 5.44. The highest BCUT2D eigenvalue weighted by molar-refractivity contribution is 5.80. The third kappa shape index (κ3) is 9.19. The monoisotopic (exact) mass is 611 g/mol. The van der Waals surface area contributed by atoms with E-state index < -0.39 is 98.2 Å². The lowest BCUT2D eigenvalue weighted by molar-refractivity contribution is -0.313. The van der Waals surface area contributed by atoms with Crippen LogP contribution < -0.4 is 27.8 Å². The molecule has 0 radical (unpaired) electrons. The number of nitrogens with two attached hydrogens (primary N) is 3. The van der Waals surface area contributed by atoms with E-state index in [9.17, 15) is 35.4 Å². The Morgan fingerprint density at radius 1 is 0.905 bits per heavy atom. The lowest BCUT2D eigenvalue weighted by atomic mass is 9.83. The van der Waals surface area contributed by atoms with E-state index in [0.29, 0.717) is 13.0 Å². The molecular formula is C25H49N5O12. The van der Waals surface area contributed by atoms with Gasteiger partial charge in [-0.2, -0.15) is 0 Å². The summed E-state index contributed by atoms with van der Waals surface area (Å²) < 4.78 is 23.5. The summed E-state index contributed by atoms with van der Waals surface area (Å²) >= 11 is 0. The lowest BCUT2D eigenvalue weighted by Gasteiger charge is -2.48. The molecule has 1 unspecified atom stereocenters. The van der Waals surface area contributed by atoms with Crippen LogP contribution in [0.15, 0.2) is 0 Å². The van der Waals surface area contributed by atoms with E-state index in [2.05, 4.69) is 10.6 Å². The van der Waals surface area contributed by atoms with Crippen molar-refractivity contribution >= 4 is 5.91 Å². The molecule has 0 aromatic rings. The number of aliphatic hydroxyl groups excluding tert-OH is 7. The summed E-state index contributed by atoms with van der Waals surface area (Å²) in [5, 5.41) is 76.8. The van der Waals surface area contributed by atoms with E-state index in [-0.39, 0.29) is 45.4 Å². The van der Waals surface area contributed by atoms with Gasteiger partial charge in [0.15, 0.2) is 12.6 Å². The van der Waals surface area contributed by atoms with E-state index in [1.807, 2.05) is 0 Å². The van der Waals surface area contributed by atoms with Gasteiger partial charge in [-0.3, -0.25) is 4.79 Å². The third-order valence-corrected chi connectivity index (χ3v) is 7.84. The standard InChI is InChI=1S/C25H49N5O12/c26-3-2-14(33)23(38)30-13-6-11(27)21(20(37)22(13)42-25-17(36)8-16(35)19(10-32)40-25)41-24-12(28)7-15(34)18(39-24)9-29-4-1-5-31/h11-22,24-25,29,31-37H,1-10,26-28H2,(H,30,38)/t11-,12+,13+,14-,15-,16-,17+,18+,19+,20-,21?,22-,24+,25+/m0/s1. The Morgan fingerprint density at radius 3 is 2.24 bits per heavy atom. The first-order valence-corrected chi connectivity index (χ1v) is 14.5. The largest absolute Gasteiger partial charge is 0.396 e. The van der Waals surface area contributed by atoms with Crippen molar-refractivity contribution in [2.45, 2.75) is 118 Å². The summed E-state index contributed by atoms with van der Waals surface area (Å²) in [7, 11) is 0. The van der Waals surface area contributed by atoms with Crippen LogP contribution in [0.25, 0.3) is 0 Å². The second kappa shape index (κ2) is 16.8. The summed E-state index contributed by atoms with van der Waals surface area (Å²) in [6.45, 7) is 0.269. The van der Waals surface area contributed by atoms with Crippen LogP contribution in [0, 0.1) is 0 Å². The van der Waals surface area contributed by atoms with Crippen LogP contribution in [0.4, 0.5) is 0 Å². The summed E-state index contributed by atoms with van der Waals surface area (Å²) in [5.74, 6) is -0.769. The lowest BCUT2D eigenvalue weighted by Crippen LogP contribution is -2.68. The molecule has 1 amide bonds. The molecule has 2 heterocycles. The smallest absolute Gasteiger partial charge is 0.249 e. The van der Waals surface area contributed by atoms with E-state index in [4.69, 9.17) is 41.3 Å². The molecule has 3 aliphatic rings. The molecule has 0 aromatic heterocycles. The van der Waals surface area contributed by atoms with Crippen LogP contribution in [0.1, 0.15) is 32.1 Å². The molecule has 2 aliphatic heterocycles. The van der Waals surface area contributed by atoms with E-state index in [0.717, 1.165) is 0 Å². The SMILES string of the molecule is NCC[C@H](O)C(=O)N[C@@H]1C[C@H](N)C(O[C@H]2O[C@H](CNCCCO)[C@@H](O)C[C@H]2N)[C@H](O)[C@H]1O[C@H]1O[C@H](CO)[C@@H](O)C[C@H]1O. The van der Waals surface area contributed by atoms with Crippen LogP contribution in [0.2, 0.25) is 0 Å². The second-order valence-corrected chi connectivity index (χ2v) is 11.2. The van der Waals surface area contributed by atoms with Crippen molar-refractivity contribution in [2.24, 2.45) is 17.2 Å². The third-order valence-electron chi connectivity index (χ3n) is 7.84. The molecule has 2 saturated heterocycles. The van der Waals surface area contributed by atoms with E-state index >= 15 is 0 Å². The maximum absolute atomic E-state index is 12.6. The molecule has 15 N–H and O–H groups in total. The van der Waals surface area contributed by atoms with Gasteiger partial charge >= 0.3 is 0 Å². The zero-order valence-electron chi connectivity index (χ0n) is 23.6. The number of aliphatic hydroxyl groups is 7. The van der Waals surface area contributed by atoms with E-state index in [1.165, 1.54) is 0 Å². The van der Waals surface area contributed by atoms with Crippen LogP contribution in [-0.4, -0.2) is 160 Å². The van der Waals surface area contributed by atoms with Crippen LogP contribution in [0.3, 0.4) is 0 Å². The number of carbonyl (C=O) groups is 1.